The number of hydrogen-bond acceptors (Lipinski definition) is 6. The SMILES string of the molecule is Cc1[nH]nc(-c2ncccc2C2CCCO2)c1C[C@H]1OC2(CCNCC2)c2sc(Cl)cc2C1(F)F. The van der Waals surface area contributed by atoms with Crippen LogP contribution in [-0.4, -0.2) is 41.0 Å². The maximum absolute atomic E-state index is 15.9. The van der Waals surface area contributed by atoms with Crippen molar-refractivity contribution in [2.75, 3.05) is 19.7 Å². The van der Waals surface area contributed by atoms with Crippen LogP contribution in [0, 0.1) is 6.92 Å². The average Bonchev–Trinajstić information content (AvgIpc) is 3.60. The molecule has 35 heavy (non-hydrogen) atoms. The number of halogens is 3. The van der Waals surface area contributed by atoms with E-state index >= 15 is 8.78 Å². The fourth-order valence-electron chi connectivity index (χ4n) is 5.65. The standard InChI is InChI=1S/C25H27ClF2N4O2S/c1-14-16(22(32-31-14)21-15(4-2-8-30-21)18-5-3-11-33-18)12-19-25(27,28)17-13-20(26)35-23(17)24(34-19)6-9-29-10-7-24/h2,4,8,13,18-19,29H,3,5-7,9-12H2,1H3,(H,31,32)/t18?,19-/m1/s1. The molecule has 3 aliphatic heterocycles. The monoisotopic (exact) mass is 520 g/mol. The van der Waals surface area contributed by atoms with Gasteiger partial charge < -0.3 is 14.8 Å². The summed E-state index contributed by atoms with van der Waals surface area (Å²) < 4.78 is 44.5. The van der Waals surface area contributed by atoms with Gasteiger partial charge in [0.2, 0.25) is 0 Å². The van der Waals surface area contributed by atoms with E-state index in [1.54, 1.807) is 6.20 Å². The molecule has 1 spiro atoms. The van der Waals surface area contributed by atoms with Gasteiger partial charge in [0.1, 0.15) is 17.4 Å². The van der Waals surface area contributed by atoms with Gasteiger partial charge in [-0.25, -0.2) is 0 Å². The Morgan fingerprint density at radius 3 is 2.86 bits per heavy atom. The van der Waals surface area contributed by atoms with Gasteiger partial charge >= 0.3 is 0 Å². The number of aryl methyl sites for hydroxylation is 1. The first-order chi connectivity index (χ1) is 16.9. The van der Waals surface area contributed by atoms with Crippen molar-refractivity contribution in [3.8, 4) is 11.4 Å². The third kappa shape index (κ3) is 3.92. The summed E-state index contributed by atoms with van der Waals surface area (Å²) >= 11 is 7.48. The number of H-pyrrole nitrogens is 1. The maximum atomic E-state index is 15.9. The summed E-state index contributed by atoms with van der Waals surface area (Å²) in [5.41, 5.74) is 2.88. The molecule has 3 aliphatic rings. The zero-order chi connectivity index (χ0) is 24.2. The predicted molar refractivity (Wildman–Crippen MR) is 130 cm³/mol. The molecule has 3 aromatic rings. The fourth-order valence-corrected chi connectivity index (χ4v) is 7.10. The number of pyridine rings is 1. The third-order valence-corrected chi connectivity index (χ3v) is 8.91. The number of aromatic amines is 1. The molecule has 0 bridgehead atoms. The summed E-state index contributed by atoms with van der Waals surface area (Å²) in [5, 5.41) is 10.8. The highest BCUT2D eigenvalue weighted by molar-refractivity contribution is 7.16. The van der Waals surface area contributed by atoms with Crippen molar-refractivity contribution in [3.63, 3.8) is 0 Å². The van der Waals surface area contributed by atoms with Crippen molar-refractivity contribution >= 4 is 22.9 Å². The Hall–Kier alpha value is -1.91. The zero-order valence-corrected chi connectivity index (χ0v) is 20.9. The van der Waals surface area contributed by atoms with Crippen molar-refractivity contribution in [3.05, 3.63) is 56.0 Å². The molecule has 0 amide bonds. The molecule has 2 saturated heterocycles. The smallest absolute Gasteiger partial charge is 0.300 e. The molecule has 0 aliphatic carbocycles. The lowest BCUT2D eigenvalue weighted by Gasteiger charge is -2.46. The predicted octanol–water partition coefficient (Wildman–Crippen LogP) is 5.66. The second-order valence-corrected chi connectivity index (χ2v) is 11.3. The van der Waals surface area contributed by atoms with Gasteiger partial charge in [-0.1, -0.05) is 17.7 Å². The highest BCUT2D eigenvalue weighted by Gasteiger charge is 2.57. The summed E-state index contributed by atoms with van der Waals surface area (Å²) in [6.07, 6.45) is 3.45. The maximum Gasteiger partial charge on any atom is 0.300 e. The third-order valence-electron chi connectivity index (χ3n) is 7.46. The Balaban J connectivity index is 1.40. The van der Waals surface area contributed by atoms with E-state index in [1.165, 1.54) is 17.4 Å². The van der Waals surface area contributed by atoms with Crippen molar-refractivity contribution in [2.24, 2.45) is 0 Å². The van der Waals surface area contributed by atoms with Crippen LogP contribution in [0.5, 0.6) is 0 Å². The van der Waals surface area contributed by atoms with Crippen molar-refractivity contribution in [1.82, 2.24) is 20.5 Å². The molecule has 2 atom stereocenters. The topological polar surface area (TPSA) is 72.1 Å². The van der Waals surface area contributed by atoms with Crippen LogP contribution in [0.3, 0.4) is 0 Å². The van der Waals surface area contributed by atoms with Crippen LogP contribution in [-0.2, 0) is 27.4 Å². The molecular formula is C25H27ClF2N4O2S. The van der Waals surface area contributed by atoms with Gasteiger partial charge in [-0.15, -0.1) is 11.3 Å². The van der Waals surface area contributed by atoms with Crippen LogP contribution >= 0.6 is 22.9 Å². The number of hydrogen-bond donors (Lipinski definition) is 2. The van der Waals surface area contributed by atoms with Gasteiger partial charge in [-0.3, -0.25) is 10.1 Å². The number of fused-ring (bicyclic) bond motifs is 2. The molecule has 2 N–H and O–H groups in total. The van der Waals surface area contributed by atoms with Crippen molar-refractivity contribution in [2.45, 2.75) is 62.8 Å². The first kappa shape index (κ1) is 23.5. The number of nitrogens with zero attached hydrogens (tertiary/aromatic N) is 2. The largest absolute Gasteiger partial charge is 0.373 e. The van der Waals surface area contributed by atoms with Gasteiger partial charge in [0.25, 0.3) is 5.92 Å². The second-order valence-electron chi connectivity index (χ2n) is 9.59. The first-order valence-corrected chi connectivity index (χ1v) is 13.3. The lowest BCUT2D eigenvalue weighted by molar-refractivity contribution is -0.227. The number of nitrogens with one attached hydrogen (secondary N) is 2. The molecule has 2 fully saturated rings. The number of rotatable bonds is 4. The Bertz CT molecular complexity index is 1230. The van der Waals surface area contributed by atoms with E-state index in [0.717, 1.165) is 24.1 Å². The first-order valence-electron chi connectivity index (χ1n) is 12.1. The lowest BCUT2D eigenvalue weighted by atomic mass is 9.81. The minimum atomic E-state index is -3.18. The van der Waals surface area contributed by atoms with Gasteiger partial charge in [-0.2, -0.15) is 13.9 Å². The summed E-state index contributed by atoms with van der Waals surface area (Å²) in [5.74, 6) is -3.18. The second kappa shape index (κ2) is 8.88. The van der Waals surface area contributed by atoms with Gasteiger partial charge in [0.05, 0.1) is 16.1 Å². The van der Waals surface area contributed by atoms with Crippen LogP contribution < -0.4 is 5.32 Å². The molecule has 10 heteroatoms. The molecule has 6 heterocycles. The molecule has 6 rings (SSSR count). The molecule has 0 saturated carbocycles. The van der Waals surface area contributed by atoms with E-state index in [2.05, 4.69) is 20.5 Å². The van der Waals surface area contributed by atoms with E-state index in [-0.39, 0.29) is 18.1 Å². The van der Waals surface area contributed by atoms with Crippen LogP contribution in [0.1, 0.15) is 59.0 Å². The van der Waals surface area contributed by atoms with Gasteiger partial charge in [-0.05, 0) is 57.8 Å². The van der Waals surface area contributed by atoms with Crippen molar-refractivity contribution in [1.29, 1.82) is 0 Å². The Morgan fingerprint density at radius 2 is 2.09 bits per heavy atom. The van der Waals surface area contributed by atoms with Crippen LogP contribution in [0.4, 0.5) is 8.78 Å². The molecule has 3 aromatic heterocycles. The zero-order valence-electron chi connectivity index (χ0n) is 19.4. The summed E-state index contributed by atoms with van der Waals surface area (Å²) in [4.78, 5) is 5.17. The molecule has 0 radical (unpaired) electrons. The highest BCUT2D eigenvalue weighted by atomic mass is 35.5. The number of thiophene rings is 1. The van der Waals surface area contributed by atoms with Crippen LogP contribution in [0.15, 0.2) is 24.4 Å². The van der Waals surface area contributed by atoms with Gasteiger partial charge in [0.15, 0.2) is 0 Å². The molecular weight excluding hydrogens is 494 g/mol. The molecule has 1 unspecified atom stereocenters. The van der Waals surface area contributed by atoms with E-state index in [9.17, 15) is 0 Å². The van der Waals surface area contributed by atoms with Crippen molar-refractivity contribution < 1.29 is 18.3 Å². The lowest BCUT2D eigenvalue weighted by Crippen LogP contribution is -2.52. The van der Waals surface area contributed by atoms with Crippen LogP contribution in [0.2, 0.25) is 4.34 Å². The number of piperidine rings is 1. The van der Waals surface area contributed by atoms with Crippen LogP contribution in [0.25, 0.3) is 11.4 Å². The quantitative estimate of drug-likeness (QED) is 0.464. The van der Waals surface area contributed by atoms with Gasteiger partial charge in [0, 0.05) is 46.5 Å². The molecule has 186 valence electrons. The normalized spacial score (nSPS) is 25.1. The number of aromatic nitrogens is 3. The van der Waals surface area contributed by atoms with E-state index in [0.29, 0.717) is 58.7 Å². The molecule has 6 nitrogen and oxygen atoms in total. The Morgan fingerprint density at radius 1 is 1.26 bits per heavy atom. The fraction of sp³-hybridized carbons (Fsp3) is 0.520. The summed E-state index contributed by atoms with van der Waals surface area (Å²) in [7, 11) is 0. The average molecular weight is 521 g/mol. The molecule has 0 aromatic carbocycles. The van der Waals surface area contributed by atoms with E-state index in [4.69, 9.17) is 21.1 Å². The number of ether oxygens (including phenoxy) is 2. The summed E-state index contributed by atoms with van der Waals surface area (Å²) in [6.45, 7) is 3.98. The Labute approximate surface area is 211 Å². The summed E-state index contributed by atoms with van der Waals surface area (Å²) in [6, 6.07) is 5.29. The van der Waals surface area contributed by atoms with E-state index < -0.39 is 17.6 Å². The number of alkyl halides is 2. The minimum Gasteiger partial charge on any atom is -0.373 e. The van der Waals surface area contributed by atoms with E-state index in [1.807, 2.05) is 19.1 Å². The Kier molecular flexibility index (Phi) is 5.96. The minimum absolute atomic E-state index is 0.00577. The highest BCUT2D eigenvalue weighted by Crippen LogP contribution is 2.55.